The first-order valence-electron chi connectivity index (χ1n) is 7.81. The molecule has 0 heterocycles. The normalized spacial score (nSPS) is 12.7. The average Bonchev–Trinajstić information content (AvgIpc) is 2.58. The summed E-state index contributed by atoms with van der Waals surface area (Å²) >= 11 is 18.7. The molecule has 0 N–H and O–H groups in total. The van der Waals surface area contributed by atoms with Crippen molar-refractivity contribution in [3.63, 3.8) is 0 Å². The molecule has 1 unspecified atom stereocenters. The Labute approximate surface area is 173 Å². The van der Waals surface area contributed by atoms with E-state index in [2.05, 4.69) is 0 Å². The van der Waals surface area contributed by atoms with Crippen LogP contribution in [0.3, 0.4) is 0 Å². The predicted molar refractivity (Wildman–Crippen MR) is 111 cm³/mol. The molecule has 0 saturated carbocycles. The lowest BCUT2D eigenvalue weighted by Gasteiger charge is -2.24. The zero-order chi connectivity index (χ0) is 19.9. The molecule has 1 rings (SSSR count). The molecule has 10 heteroatoms. The van der Waals surface area contributed by atoms with E-state index in [-0.39, 0.29) is 12.2 Å². The fourth-order valence-electron chi connectivity index (χ4n) is 1.96. The molecule has 0 amide bonds. The predicted octanol–water partition coefficient (Wildman–Crippen LogP) is 5.45. The zero-order valence-corrected chi connectivity index (χ0v) is 19.0. The van der Waals surface area contributed by atoms with Crippen LogP contribution in [0.5, 0.6) is 0 Å². The van der Waals surface area contributed by atoms with Gasteiger partial charge in [0, 0.05) is 22.0 Å². The van der Waals surface area contributed by atoms with E-state index in [1.165, 1.54) is 19.2 Å². The second-order valence-corrected chi connectivity index (χ2v) is 12.3. The number of carbonyl (C=O) groups excluding carboxylic acids is 2. The van der Waals surface area contributed by atoms with Gasteiger partial charge in [0.05, 0.1) is 20.3 Å². The Morgan fingerprint density at radius 2 is 1.69 bits per heavy atom. The van der Waals surface area contributed by atoms with Crippen LogP contribution in [0.2, 0.25) is 10.0 Å². The summed E-state index contributed by atoms with van der Waals surface area (Å²) in [6.07, 6.45) is -0.133. The largest absolute Gasteiger partial charge is 0.468 e. The van der Waals surface area contributed by atoms with Crippen LogP contribution in [0.15, 0.2) is 12.1 Å². The summed E-state index contributed by atoms with van der Waals surface area (Å²) in [5.41, 5.74) is -1.76. The van der Waals surface area contributed by atoms with Crippen LogP contribution in [0.25, 0.3) is 0 Å². The molecule has 0 aliphatic heterocycles. The molecular weight excluding hydrogens is 438 g/mol. The van der Waals surface area contributed by atoms with E-state index in [0.717, 1.165) is 11.4 Å². The van der Waals surface area contributed by atoms with Gasteiger partial charge >= 0.3 is 5.97 Å². The molecular formula is C16H21Cl2O5PS2. The van der Waals surface area contributed by atoms with Crippen molar-refractivity contribution in [1.82, 2.24) is 0 Å². The number of ketones is 1. The highest BCUT2D eigenvalue weighted by Crippen LogP contribution is 2.63. The van der Waals surface area contributed by atoms with E-state index >= 15 is 0 Å². The van der Waals surface area contributed by atoms with Crippen LogP contribution in [0.1, 0.15) is 36.2 Å². The summed E-state index contributed by atoms with van der Waals surface area (Å²) in [7, 11) is 1.25. The van der Waals surface area contributed by atoms with Gasteiger partial charge in [0.15, 0.2) is 5.78 Å². The second kappa shape index (κ2) is 11.0. The van der Waals surface area contributed by atoms with Gasteiger partial charge in [0.25, 0.3) is 0 Å². The van der Waals surface area contributed by atoms with Crippen LogP contribution < -0.4 is 0 Å². The number of esters is 1. The first kappa shape index (κ1) is 23.9. The molecule has 0 aromatic heterocycles. The van der Waals surface area contributed by atoms with Gasteiger partial charge in [-0.1, -0.05) is 34.6 Å². The first-order chi connectivity index (χ1) is 12.2. The maximum atomic E-state index is 12.7. The van der Waals surface area contributed by atoms with Crippen LogP contribution >= 0.6 is 40.3 Å². The lowest BCUT2D eigenvalue weighted by Crippen LogP contribution is -2.23. The standard InChI is InChI=1S/C16H21Cl2O5PS2/c1-5-22-24(25,23-6-2)26-15(16(20)21-4)9-14(19)11-7-12(17)10(3)13(18)8-11/h7-8,15H,5-6,9H2,1-4H3. The molecule has 1 aromatic carbocycles. The lowest BCUT2D eigenvalue weighted by molar-refractivity contribution is -0.139. The maximum Gasteiger partial charge on any atom is 0.319 e. The zero-order valence-electron chi connectivity index (χ0n) is 14.9. The van der Waals surface area contributed by atoms with Crippen molar-refractivity contribution in [3.8, 4) is 0 Å². The molecule has 0 spiro atoms. The number of benzene rings is 1. The van der Waals surface area contributed by atoms with Gasteiger partial charge in [-0.3, -0.25) is 9.59 Å². The summed E-state index contributed by atoms with van der Waals surface area (Å²) < 4.78 is 15.9. The third-order valence-electron chi connectivity index (χ3n) is 3.27. The number of Topliss-reactive ketones (excluding diaryl/α,β-unsaturated/α-hetero) is 1. The number of ether oxygens (including phenoxy) is 1. The Kier molecular flexibility index (Phi) is 10.1. The molecule has 0 aliphatic rings. The Morgan fingerprint density at radius 3 is 2.12 bits per heavy atom. The van der Waals surface area contributed by atoms with E-state index in [9.17, 15) is 9.59 Å². The fourth-order valence-corrected chi connectivity index (χ4v) is 7.98. The third-order valence-corrected chi connectivity index (χ3v) is 9.65. The van der Waals surface area contributed by atoms with Crippen molar-refractivity contribution in [3.05, 3.63) is 33.3 Å². The van der Waals surface area contributed by atoms with Crippen molar-refractivity contribution < 1.29 is 23.4 Å². The van der Waals surface area contributed by atoms with Crippen LogP contribution in [0.4, 0.5) is 0 Å². The molecule has 0 saturated heterocycles. The van der Waals surface area contributed by atoms with Gasteiger partial charge in [0.2, 0.25) is 5.69 Å². The highest BCUT2D eigenvalue weighted by Gasteiger charge is 2.32. The highest BCUT2D eigenvalue weighted by atomic mass is 35.5. The molecule has 1 aromatic rings. The van der Waals surface area contributed by atoms with E-state index in [1.807, 2.05) is 0 Å². The Balaban J connectivity index is 3.06. The summed E-state index contributed by atoms with van der Waals surface area (Å²) in [4.78, 5) is 24.8. The third kappa shape index (κ3) is 6.79. The highest BCUT2D eigenvalue weighted by molar-refractivity contribution is 8.68. The summed E-state index contributed by atoms with van der Waals surface area (Å²) in [5, 5.41) is -0.0796. The van der Waals surface area contributed by atoms with Gasteiger partial charge in [-0.2, -0.15) is 0 Å². The van der Waals surface area contributed by atoms with Gasteiger partial charge < -0.3 is 13.8 Å². The number of hydrogen-bond donors (Lipinski definition) is 0. The minimum atomic E-state index is -2.77. The van der Waals surface area contributed by atoms with E-state index in [0.29, 0.717) is 34.4 Å². The monoisotopic (exact) mass is 458 g/mol. The first-order valence-corrected chi connectivity index (χ1v) is 12.7. The SMILES string of the molecule is CCOP(=S)(OCC)SC(CC(=O)c1cc(Cl)c(C)c(Cl)c1)C(=O)OC. The smallest absolute Gasteiger partial charge is 0.319 e. The second-order valence-electron chi connectivity index (χ2n) is 5.09. The van der Waals surface area contributed by atoms with Crippen molar-refractivity contribution >= 4 is 63.8 Å². The van der Waals surface area contributed by atoms with E-state index in [1.54, 1.807) is 20.8 Å². The molecule has 1 atom stereocenters. The van der Waals surface area contributed by atoms with Crippen molar-refractivity contribution in [2.75, 3.05) is 20.3 Å². The summed E-state index contributed by atoms with van der Waals surface area (Å²) in [6, 6.07) is 3.07. The van der Waals surface area contributed by atoms with Crippen molar-refractivity contribution in [2.24, 2.45) is 0 Å². The van der Waals surface area contributed by atoms with Gasteiger partial charge in [0.1, 0.15) is 5.25 Å². The number of methoxy groups -OCH3 is 1. The Bertz CT molecular complexity index is 681. The number of halogens is 2. The maximum absolute atomic E-state index is 12.7. The summed E-state index contributed by atoms with van der Waals surface area (Å²) in [5.74, 6) is -0.868. The van der Waals surface area contributed by atoms with Crippen molar-refractivity contribution in [2.45, 2.75) is 32.4 Å². The van der Waals surface area contributed by atoms with Crippen LogP contribution in [0, 0.1) is 6.92 Å². The molecule has 0 fully saturated rings. The number of rotatable bonds is 10. The van der Waals surface area contributed by atoms with E-state index in [4.69, 9.17) is 48.8 Å². The molecule has 0 bridgehead atoms. The van der Waals surface area contributed by atoms with Gasteiger partial charge in [-0.15, -0.1) is 0 Å². The minimum Gasteiger partial charge on any atom is -0.468 e. The number of hydrogen-bond acceptors (Lipinski definition) is 7. The molecule has 5 nitrogen and oxygen atoms in total. The topological polar surface area (TPSA) is 61.8 Å². The molecule has 146 valence electrons. The van der Waals surface area contributed by atoms with Crippen molar-refractivity contribution in [1.29, 1.82) is 0 Å². The Hall–Kier alpha value is -0.140. The number of carbonyl (C=O) groups is 2. The average molecular weight is 459 g/mol. The Morgan fingerprint density at radius 1 is 1.19 bits per heavy atom. The minimum absolute atomic E-state index is 0.133. The van der Waals surface area contributed by atoms with Gasteiger partial charge in [-0.05, 0) is 50.3 Å². The van der Waals surface area contributed by atoms with Gasteiger partial charge in [-0.25, -0.2) is 0 Å². The van der Waals surface area contributed by atoms with Crippen LogP contribution in [-0.4, -0.2) is 37.3 Å². The fraction of sp³-hybridized carbons (Fsp3) is 0.500. The molecule has 0 radical (unpaired) electrons. The molecule has 26 heavy (non-hydrogen) atoms. The molecule has 0 aliphatic carbocycles. The van der Waals surface area contributed by atoms with E-state index < -0.39 is 16.9 Å². The quantitative estimate of drug-likeness (QED) is 0.262. The summed E-state index contributed by atoms with van der Waals surface area (Å²) in [6.45, 7) is 6.02. The van der Waals surface area contributed by atoms with Crippen LogP contribution in [-0.2, 0) is 30.4 Å². The lowest BCUT2D eigenvalue weighted by atomic mass is 10.0.